The molecule has 2 aliphatic heterocycles. The van der Waals surface area contributed by atoms with E-state index in [9.17, 15) is 5.11 Å². The predicted molar refractivity (Wildman–Crippen MR) is 114 cm³/mol. The minimum absolute atomic E-state index is 0.128. The summed E-state index contributed by atoms with van der Waals surface area (Å²) in [5, 5.41) is 14.4. The van der Waals surface area contributed by atoms with Gasteiger partial charge in [-0.1, -0.05) is 6.07 Å². The Morgan fingerprint density at radius 1 is 1.34 bits per heavy atom. The Hall–Kier alpha value is -2.38. The van der Waals surface area contributed by atoms with Crippen LogP contribution in [-0.4, -0.2) is 63.5 Å². The Bertz CT molecular complexity index is 925. The second-order valence-electron chi connectivity index (χ2n) is 8.94. The first-order valence-electron chi connectivity index (χ1n) is 10.3. The van der Waals surface area contributed by atoms with Gasteiger partial charge in [0.2, 0.25) is 0 Å². The molecule has 2 aromatic rings. The van der Waals surface area contributed by atoms with Gasteiger partial charge in [-0.25, -0.2) is 4.68 Å². The van der Waals surface area contributed by atoms with E-state index in [1.54, 1.807) is 0 Å². The van der Waals surface area contributed by atoms with E-state index in [4.69, 9.17) is 15.6 Å². The monoisotopic (exact) mass is 397 g/mol. The number of likely N-dealkylation sites (tertiary alicyclic amines) is 1. The van der Waals surface area contributed by atoms with Crippen LogP contribution in [0.5, 0.6) is 5.75 Å². The highest BCUT2D eigenvalue weighted by atomic mass is 16.5. The maximum Gasteiger partial charge on any atom is 0.146 e. The summed E-state index contributed by atoms with van der Waals surface area (Å²) in [6, 6.07) is 8.53. The number of aromatic nitrogens is 2. The SMILES string of the molecule is CC(C)N=C(N)c1cc2n(n1)-c1cc(C3CN(C(C)(C)CO)C3)ccc1OCC2. The van der Waals surface area contributed by atoms with E-state index in [-0.39, 0.29) is 18.2 Å². The van der Waals surface area contributed by atoms with Crippen molar-refractivity contribution in [1.29, 1.82) is 0 Å². The van der Waals surface area contributed by atoms with Gasteiger partial charge in [-0.15, -0.1) is 0 Å². The number of rotatable bonds is 5. The first-order chi connectivity index (χ1) is 13.8. The lowest BCUT2D eigenvalue weighted by Gasteiger charge is -2.48. The number of amidine groups is 1. The average Bonchev–Trinajstić information content (AvgIpc) is 2.97. The lowest BCUT2D eigenvalue weighted by Crippen LogP contribution is -2.57. The number of hydrogen-bond acceptors (Lipinski definition) is 5. The topological polar surface area (TPSA) is 88.9 Å². The highest BCUT2D eigenvalue weighted by molar-refractivity contribution is 5.96. The number of benzene rings is 1. The Labute approximate surface area is 172 Å². The van der Waals surface area contributed by atoms with Gasteiger partial charge in [0, 0.05) is 42.7 Å². The highest BCUT2D eigenvalue weighted by Gasteiger charge is 2.37. The van der Waals surface area contributed by atoms with Crippen LogP contribution in [0.3, 0.4) is 0 Å². The van der Waals surface area contributed by atoms with Gasteiger partial charge in [0.15, 0.2) is 0 Å². The number of nitrogens with two attached hydrogens (primary N) is 1. The zero-order chi connectivity index (χ0) is 20.8. The Balaban J connectivity index is 1.64. The molecule has 7 heteroatoms. The van der Waals surface area contributed by atoms with Crippen molar-refractivity contribution in [2.24, 2.45) is 10.7 Å². The smallest absolute Gasteiger partial charge is 0.146 e. The van der Waals surface area contributed by atoms with E-state index in [1.165, 1.54) is 5.56 Å². The van der Waals surface area contributed by atoms with Gasteiger partial charge in [-0.05, 0) is 51.5 Å². The van der Waals surface area contributed by atoms with Crippen LogP contribution in [0.4, 0.5) is 0 Å². The Morgan fingerprint density at radius 2 is 2.10 bits per heavy atom. The molecule has 4 rings (SSSR count). The van der Waals surface area contributed by atoms with Gasteiger partial charge < -0.3 is 15.6 Å². The van der Waals surface area contributed by atoms with Crippen LogP contribution < -0.4 is 10.5 Å². The molecule has 0 radical (unpaired) electrons. The van der Waals surface area contributed by atoms with Crippen molar-refractivity contribution in [1.82, 2.24) is 14.7 Å². The molecular formula is C22H31N5O2. The van der Waals surface area contributed by atoms with Gasteiger partial charge in [0.25, 0.3) is 0 Å². The van der Waals surface area contributed by atoms with Gasteiger partial charge in [-0.2, -0.15) is 5.10 Å². The largest absolute Gasteiger partial charge is 0.491 e. The van der Waals surface area contributed by atoms with E-state index in [0.29, 0.717) is 24.1 Å². The molecule has 156 valence electrons. The third-order valence-electron chi connectivity index (χ3n) is 5.87. The van der Waals surface area contributed by atoms with Crippen molar-refractivity contribution in [3.63, 3.8) is 0 Å². The van der Waals surface area contributed by atoms with E-state index < -0.39 is 0 Å². The zero-order valence-corrected chi connectivity index (χ0v) is 17.7. The fourth-order valence-corrected chi connectivity index (χ4v) is 3.90. The second kappa shape index (κ2) is 7.46. The van der Waals surface area contributed by atoms with Gasteiger partial charge >= 0.3 is 0 Å². The number of hydrogen-bond donors (Lipinski definition) is 2. The molecule has 0 aliphatic carbocycles. The minimum Gasteiger partial charge on any atom is -0.491 e. The molecule has 0 bridgehead atoms. The third-order valence-corrected chi connectivity index (χ3v) is 5.87. The second-order valence-corrected chi connectivity index (χ2v) is 8.94. The first kappa shape index (κ1) is 19.9. The summed E-state index contributed by atoms with van der Waals surface area (Å²) in [5.41, 5.74) is 10.0. The molecule has 7 nitrogen and oxygen atoms in total. The molecule has 1 aromatic carbocycles. The third kappa shape index (κ3) is 3.76. The molecule has 0 unspecified atom stereocenters. The van der Waals surface area contributed by atoms with Crippen molar-refractivity contribution in [3.8, 4) is 11.4 Å². The van der Waals surface area contributed by atoms with Crippen molar-refractivity contribution >= 4 is 5.84 Å². The molecule has 1 fully saturated rings. The fourth-order valence-electron chi connectivity index (χ4n) is 3.90. The van der Waals surface area contributed by atoms with Crippen LogP contribution in [0, 0.1) is 0 Å². The summed E-state index contributed by atoms with van der Waals surface area (Å²) in [7, 11) is 0. The quantitative estimate of drug-likeness (QED) is 0.596. The number of fused-ring (bicyclic) bond motifs is 3. The van der Waals surface area contributed by atoms with Crippen LogP contribution in [-0.2, 0) is 6.42 Å². The normalized spacial score (nSPS) is 18.1. The molecule has 1 aromatic heterocycles. The number of aliphatic hydroxyl groups is 1. The first-order valence-corrected chi connectivity index (χ1v) is 10.3. The predicted octanol–water partition coefficient (Wildman–Crippen LogP) is 2.09. The van der Waals surface area contributed by atoms with Crippen molar-refractivity contribution in [2.75, 3.05) is 26.3 Å². The van der Waals surface area contributed by atoms with E-state index in [0.717, 1.165) is 36.6 Å². The maximum absolute atomic E-state index is 9.60. The van der Waals surface area contributed by atoms with E-state index >= 15 is 0 Å². The zero-order valence-electron chi connectivity index (χ0n) is 17.7. The Kier molecular flexibility index (Phi) is 5.12. The number of nitrogens with zero attached hydrogens (tertiary/aromatic N) is 4. The van der Waals surface area contributed by atoms with Gasteiger partial charge in [0.05, 0.1) is 13.2 Å². The number of aliphatic hydroxyl groups excluding tert-OH is 1. The molecule has 0 saturated carbocycles. The summed E-state index contributed by atoms with van der Waals surface area (Å²) in [6.45, 7) is 10.8. The summed E-state index contributed by atoms with van der Waals surface area (Å²) in [6.07, 6.45) is 0.772. The van der Waals surface area contributed by atoms with Crippen LogP contribution in [0.2, 0.25) is 0 Å². The van der Waals surface area contributed by atoms with Gasteiger partial charge in [0.1, 0.15) is 23.0 Å². The molecule has 3 heterocycles. The van der Waals surface area contributed by atoms with Crippen LogP contribution in [0.1, 0.15) is 50.6 Å². The lowest BCUT2D eigenvalue weighted by atomic mass is 9.86. The number of ether oxygens (including phenoxy) is 1. The highest BCUT2D eigenvalue weighted by Crippen LogP contribution is 2.36. The molecule has 2 aliphatic rings. The molecular weight excluding hydrogens is 366 g/mol. The standard InChI is InChI=1S/C22H31N5O2/c1-14(2)24-21(23)18-10-17-7-8-29-20-6-5-15(9-19(20)27(17)25-18)16-11-26(12-16)22(3,4)13-28/h5-6,9-10,14,16,28H,7-8,11-13H2,1-4H3,(H2,23,24). The van der Waals surface area contributed by atoms with Crippen molar-refractivity contribution < 1.29 is 9.84 Å². The molecule has 1 saturated heterocycles. The molecule has 0 spiro atoms. The maximum atomic E-state index is 9.60. The summed E-state index contributed by atoms with van der Waals surface area (Å²) >= 11 is 0. The fraction of sp³-hybridized carbons (Fsp3) is 0.545. The lowest BCUT2D eigenvalue weighted by molar-refractivity contribution is -0.00250. The van der Waals surface area contributed by atoms with Gasteiger partial charge in [-0.3, -0.25) is 9.89 Å². The summed E-state index contributed by atoms with van der Waals surface area (Å²) in [5.74, 6) is 1.76. The summed E-state index contributed by atoms with van der Waals surface area (Å²) < 4.78 is 7.92. The summed E-state index contributed by atoms with van der Waals surface area (Å²) in [4.78, 5) is 6.76. The van der Waals surface area contributed by atoms with E-state index in [2.05, 4.69) is 35.9 Å². The molecule has 0 amide bonds. The van der Waals surface area contributed by atoms with Crippen molar-refractivity contribution in [2.45, 2.75) is 51.6 Å². The molecule has 29 heavy (non-hydrogen) atoms. The van der Waals surface area contributed by atoms with Crippen LogP contribution in [0.15, 0.2) is 29.3 Å². The van der Waals surface area contributed by atoms with E-state index in [1.807, 2.05) is 30.7 Å². The van der Waals surface area contributed by atoms with Crippen molar-refractivity contribution in [3.05, 3.63) is 41.2 Å². The van der Waals surface area contributed by atoms with Crippen LogP contribution in [0.25, 0.3) is 5.69 Å². The molecule has 3 N–H and O–H groups in total. The minimum atomic E-state index is -0.178. The Morgan fingerprint density at radius 3 is 2.79 bits per heavy atom. The molecule has 0 atom stereocenters. The van der Waals surface area contributed by atoms with Crippen LogP contribution >= 0.6 is 0 Å². The number of aliphatic imine (C=N–C) groups is 1. The average molecular weight is 398 g/mol.